The molecule has 1 heterocycles. The second-order valence-corrected chi connectivity index (χ2v) is 6.86. The summed E-state index contributed by atoms with van der Waals surface area (Å²) in [5.74, 6) is 3.25. The molecule has 0 spiro atoms. The van der Waals surface area contributed by atoms with E-state index in [-0.39, 0.29) is 0 Å². The Morgan fingerprint density at radius 3 is 2.06 bits per heavy atom. The molecule has 0 atom stereocenters. The van der Waals surface area contributed by atoms with Gasteiger partial charge in [0.05, 0.1) is 0 Å². The van der Waals surface area contributed by atoms with Crippen LogP contribution >= 0.6 is 0 Å². The molecule has 0 aromatic rings. The van der Waals surface area contributed by atoms with Gasteiger partial charge in [0.2, 0.25) is 5.91 Å². The summed E-state index contributed by atoms with van der Waals surface area (Å²) >= 11 is 0. The zero-order chi connectivity index (χ0) is 13.1. The fourth-order valence-electron chi connectivity index (χ4n) is 3.55. The number of hydrogen-bond donors (Lipinski definition) is 0. The molecule has 0 N–H and O–H groups in total. The van der Waals surface area contributed by atoms with Crippen molar-refractivity contribution in [3.05, 3.63) is 0 Å². The summed E-state index contributed by atoms with van der Waals surface area (Å²) in [6, 6.07) is 0. The molecule has 0 radical (unpaired) electrons. The maximum Gasteiger partial charge on any atom is 0.225 e. The summed E-state index contributed by atoms with van der Waals surface area (Å²) in [4.78, 5) is 14.6. The molecule has 0 aromatic heterocycles. The van der Waals surface area contributed by atoms with Crippen molar-refractivity contribution in [2.24, 2.45) is 23.7 Å². The largest absolute Gasteiger partial charge is 0.342 e. The first-order valence-electron chi connectivity index (χ1n) is 7.86. The standard InChI is InChI=1S/C16H29NO/c1-12(2)14-8-10-17(11-9-14)16(18)15-6-4-13(3)5-7-15/h12-15H,4-11H2,1-3H3. The van der Waals surface area contributed by atoms with E-state index >= 15 is 0 Å². The number of rotatable bonds is 2. The molecule has 2 heteroatoms. The fourth-order valence-corrected chi connectivity index (χ4v) is 3.55. The minimum Gasteiger partial charge on any atom is -0.342 e. The smallest absolute Gasteiger partial charge is 0.225 e. The van der Waals surface area contributed by atoms with Crippen molar-refractivity contribution in [3.8, 4) is 0 Å². The lowest BCUT2D eigenvalue weighted by Crippen LogP contribution is -2.43. The van der Waals surface area contributed by atoms with Crippen LogP contribution in [0.2, 0.25) is 0 Å². The summed E-state index contributed by atoms with van der Waals surface area (Å²) in [6.07, 6.45) is 7.19. The maximum atomic E-state index is 12.5. The molecule has 0 bridgehead atoms. The van der Waals surface area contributed by atoms with Gasteiger partial charge in [-0.1, -0.05) is 20.8 Å². The Morgan fingerprint density at radius 1 is 1.00 bits per heavy atom. The molecule has 18 heavy (non-hydrogen) atoms. The van der Waals surface area contributed by atoms with Crippen molar-refractivity contribution in [2.45, 2.75) is 59.3 Å². The zero-order valence-corrected chi connectivity index (χ0v) is 12.3. The molecule has 2 nitrogen and oxygen atoms in total. The van der Waals surface area contributed by atoms with Crippen LogP contribution in [0, 0.1) is 23.7 Å². The quantitative estimate of drug-likeness (QED) is 0.732. The summed E-state index contributed by atoms with van der Waals surface area (Å²) in [7, 11) is 0. The zero-order valence-electron chi connectivity index (χ0n) is 12.3. The first-order chi connectivity index (χ1) is 8.58. The van der Waals surface area contributed by atoms with Gasteiger partial charge in [0.25, 0.3) is 0 Å². The van der Waals surface area contributed by atoms with Crippen LogP contribution in [0.1, 0.15) is 59.3 Å². The van der Waals surface area contributed by atoms with Gasteiger partial charge in [-0.25, -0.2) is 0 Å². The fraction of sp³-hybridized carbons (Fsp3) is 0.938. The van der Waals surface area contributed by atoms with Gasteiger partial charge in [-0.3, -0.25) is 4.79 Å². The molecule has 2 aliphatic rings. The van der Waals surface area contributed by atoms with Gasteiger partial charge in [-0.05, 0) is 56.3 Å². The number of piperidine rings is 1. The Bertz CT molecular complexity index is 271. The minimum atomic E-state index is 0.344. The molecular formula is C16H29NO. The highest BCUT2D eigenvalue weighted by molar-refractivity contribution is 5.79. The van der Waals surface area contributed by atoms with E-state index in [2.05, 4.69) is 25.7 Å². The second-order valence-electron chi connectivity index (χ2n) is 6.86. The van der Waals surface area contributed by atoms with Gasteiger partial charge in [0, 0.05) is 19.0 Å². The van der Waals surface area contributed by atoms with Crippen LogP contribution in [0.5, 0.6) is 0 Å². The average molecular weight is 251 g/mol. The van der Waals surface area contributed by atoms with Crippen LogP contribution in [0.3, 0.4) is 0 Å². The predicted octanol–water partition coefficient (Wildman–Crippen LogP) is 3.71. The number of carbonyl (C=O) groups is 1. The first kappa shape index (κ1) is 13.9. The molecule has 1 saturated heterocycles. The lowest BCUT2D eigenvalue weighted by molar-refractivity contribution is -0.138. The second kappa shape index (κ2) is 6.08. The van der Waals surface area contributed by atoms with Crippen molar-refractivity contribution in [1.82, 2.24) is 4.90 Å². The molecule has 1 aliphatic heterocycles. The van der Waals surface area contributed by atoms with E-state index in [1.54, 1.807) is 0 Å². The van der Waals surface area contributed by atoms with Crippen molar-refractivity contribution in [3.63, 3.8) is 0 Å². The van der Waals surface area contributed by atoms with Crippen molar-refractivity contribution >= 4 is 5.91 Å². The van der Waals surface area contributed by atoms with Gasteiger partial charge in [0.1, 0.15) is 0 Å². The van der Waals surface area contributed by atoms with E-state index < -0.39 is 0 Å². The van der Waals surface area contributed by atoms with Crippen LogP contribution in [-0.4, -0.2) is 23.9 Å². The molecular weight excluding hydrogens is 222 g/mol. The van der Waals surface area contributed by atoms with E-state index in [0.29, 0.717) is 11.8 Å². The summed E-state index contributed by atoms with van der Waals surface area (Å²) in [5, 5.41) is 0. The third kappa shape index (κ3) is 3.27. The first-order valence-corrected chi connectivity index (χ1v) is 7.86. The van der Waals surface area contributed by atoms with Crippen LogP contribution < -0.4 is 0 Å². The molecule has 0 unspecified atom stereocenters. The van der Waals surface area contributed by atoms with Crippen molar-refractivity contribution < 1.29 is 4.79 Å². The third-order valence-electron chi connectivity index (χ3n) is 5.16. The lowest BCUT2D eigenvalue weighted by atomic mass is 9.81. The van der Waals surface area contributed by atoms with Crippen LogP contribution in [0.15, 0.2) is 0 Å². The number of carbonyl (C=O) groups excluding carboxylic acids is 1. The van der Waals surface area contributed by atoms with Crippen molar-refractivity contribution in [2.75, 3.05) is 13.1 Å². The topological polar surface area (TPSA) is 20.3 Å². The number of likely N-dealkylation sites (tertiary alicyclic amines) is 1. The molecule has 0 aromatic carbocycles. The van der Waals surface area contributed by atoms with Gasteiger partial charge in [-0.15, -0.1) is 0 Å². The highest BCUT2D eigenvalue weighted by Crippen LogP contribution is 2.31. The Hall–Kier alpha value is -0.530. The molecule has 1 amide bonds. The van der Waals surface area contributed by atoms with Gasteiger partial charge >= 0.3 is 0 Å². The maximum absolute atomic E-state index is 12.5. The van der Waals surface area contributed by atoms with Gasteiger partial charge < -0.3 is 4.90 Å². The summed E-state index contributed by atoms with van der Waals surface area (Å²) in [5.41, 5.74) is 0. The van der Waals surface area contributed by atoms with E-state index in [1.807, 2.05) is 0 Å². The van der Waals surface area contributed by atoms with Crippen LogP contribution in [0.4, 0.5) is 0 Å². The Balaban J connectivity index is 1.80. The van der Waals surface area contributed by atoms with Crippen LogP contribution in [0.25, 0.3) is 0 Å². The molecule has 2 rings (SSSR count). The Labute approximate surface area is 112 Å². The number of nitrogens with zero attached hydrogens (tertiary/aromatic N) is 1. The average Bonchev–Trinajstić information content (AvgIpc) is 2.39. The summed E-state index contributed by atoms with van der Waals surface area (Å²) in [6.45, 7) is 8.95. The van der Waals surface area contributed by atoms with Gasteiger partial charge in [-0.2, -0.15) is 0 Å². The Morgan fingerprint density at radius 2 is 1.56 bits per heavy atom. The van der Waals surface area contributed by atoms with E-state index in [9.17, 15) is 4.79 Å². The SMILES string of the molecule is CC1CCC(C(=O)N2CCC(C(C)C)CC2)CC1. The minimum absolute atomic E-state index is 0.344. The van der Waals surface area contributed by atoms with Crippen molar-refractivity contribution in [1.29, 1.82) is 0 Å². The number of amides is 1. The van der Waals surface area contributed by atoms with E-state index in [0.717, 1.165) is 43.7 Å². The monoisotopic (exact) mass is 251 g/mol. The van der Waals surface area contributed by atoms with E-state index in [1.165, 1.54) is 25.7 Å². The predicted molar refractivity (Wildman–Crippen MR) is 75.3 cm³/mol. The highest BCUT2D eigenvalue weighted by atomic mass is 16.2. The third-order valence-corrected chi connectivity index (χ3v) is 5.16. The van der Waals surface area contributed by atoms with Gasteiger partial charge in [0.15, 0.2) is 0 Å². The molecule has 2 fully saturated rings. The molecule has 1 aliphatic carbocycles. The molecule has 104 valence electrons. The van der Waals surface area contributed by atoms with E-state index in [4.69, 9.17) is 0 Å². The highest BCUT2D eigenvalue weighted by Gasteiger charge is 2.30. The van der Waals surface area contributed by atoms with Crippen LogP contribution in [-0.2, 0) is 4.79 Å². The summed E-state index contributed by atoms with van der Waals surface area (Å²) < 4.78 is 0. The Kier molecular flexibility index (Phi) is 4.69. The number of hydrogen-bond acceptors (Lipinski definition) is 1. The molecule has 1 saturated carbocycles. The normalized spacial score (nSPS) is 30.8. The lowest BCUT2D eigenvalue weighted by Gasteiger charge is -2.37.